The molecule has 0 heterocycles. The first kappa shape index (κ1) is 13.0. The van der Waals surface area contributed by atoms with Gasteiger partial charge in [-0.15, -0.1) is 0 Å². The quantitative estimate of drug-likeness (QED) is 0.639. The molecule has 1 aliphatic rings. The summed E-state index contributed by atoms with van der Waals surface area (Å²) in [6, 6.07) is -0.799. The van der Waals surface area contributed by atoms with Gasteiger partial charge < -0.3 is 10.6 Å². The molecule has 16 heavy (non-hydrogen) atoms. The highest BCUT2D eigenvalue weighted by Gasteiger charge is 2.28. The Morgan fingerprint density at radius 3 is 2.44 bits per heavy atom. The number of amides is 3. The van der Waals surface area contributed by atoms with E-state index in [4.69, 9.17) is 0 Å². The van der Waals surface area contributed by atoms with E-state index in [2.05, 4.69) is 22.9 Å². The van der Waals surface area contributed by atoms with Crippen molar-refractivity contribution in [2.24, 2.45) is 11.8 Å². The van der Waals surface area contributed by atoms with E-state index in [0.29, 0.717) is 5.92 Å². The van der Waals surface area contributed by atoms with E-state index in [1.165, 1.54) is 19.9 Å². The molecule has 2 atom stereocenters. The molecule has 0 aliphatic heterocycles. The van der Waals surface area contributed by atoms with E-state index < -0.39 is 6.03 Å². The molecule has 0 aromatic carbocycles. The van der Waals surface area contributed by atoms with E-state index in [-0.39, 0.29) is 11.9 Å². The zero-order valence-electron chi connectivity index (χ0n) is 10.2. The summed E-state index contributed by atoms with van der Waals surface area (Å²) < 4.78 is 0. The van der Waals surface area contributed by atoms with Crippen molar-refractivity contribution >= 4 is 11.9 Å². The molecule has 1 aliphatic carbocycles. The highest BCUT2D eigenvalue weighted by Crippen LogP contribution is 2.36. The Balaban J connectivity index is 2.19. The first-order chi connectivity index (χ1) is 7.54. The predicted octanol–water partition coefficient (Wildman–Crippen LogP) is 0.466. The van der Waals surface area contributed by atoms with Crippen LogP contribution in [-0.2, 0) is 4.79 Å². The zero-order chi connectivity index (χ0) is 12.1. The summed E-state index contributed by atoms with van der Waals surface area (Å²) in [5, 5.41) is 7.73. The highest BCUT2D eigenvalue weighted by atomic mass is 16.2. The van der Waals surface area contributed by atoms with E-state index in [0.717, 1.165) is 12.5 Å². The molecule has 0 spiro atoms. The molecule has 3 N–H and O–H groups in total. The summed E-state index contributed by atoms with van der Waals surface area (Å²) in [5.74, 6) is 1.14. The minimum Gasteiger partial charge on any atom is -0.341 e. The van der Waals surface area contributed by atoms with Gasteiger partial charge in [-0.25, -0.2) is 4.79 Å². The lowest BCUT2D eigenvalue weighted by molar-refractivity contribution is -0.121. The Hall–Kier alpha value is -1.10. The van der Waals surface area contributed by atoms with Crippen molar-refractivity contribution < 1.29 is 9.59 Å². The van der Waals surface area contributed by atoms with Gasteiger partial charge in [-0.1, -0.05) is 6.92 Å². The molecule has 0 radical (unpaired) electrons. The first-order valence-electron chi connectivity index (χ1n) is 5.80. The van der Waals surface area contributed by atoms with Crippen LogP contribution in [0.25, 0.3) is 0 Å². The third-order valence-corrected chi connectivity index (χ3v) is 3.03. The van der Waals surface area contributed by atoms with Gasteiger partial charge in [0.05, 0.1) is 6.04 Å². The van der Waals surface area contributed by atoms with Gasteiger partial charge in [-0.3, -0.25) is 10.1 Å². The second-order valence-corrected chi connectivity index (χ2v) is 4.51. The van der Waals surface area contributed by atoms with Crippen molar-refractivity contribution in [2.75, 3.05) is 13.6 Å². The second-order valence-electron chi connectivity index (χ2n) is 4.51. The van der Waals surface area contributed by atoms with E-state index in [9.17, 15) is 9.59 Å². The molecular formula is C11H21N3O2. The van der Waals surface area contributed by atoms with E-state index in [1.54, 1.807) is 6.92 Å². The number of rotatable bonds is 5. The number of nitrogens with one attached hydrogen (secondary N) is 3. The largest absolute Gasteiger partial charge is 0.341 e. The molecule has 0 aromatic rings. The fraction of sp³-hybridized carbons (Fsp3) is 0.818. The molecule has 3 amide bonds. The van der Waals surface area contributed by atoms with Crippen LogP contribution in [0.15, 0.2) is 0 Å². The van der Waals surface area contributed by atoms with Crippen LogP contribution in [0.3, 0.4) is 0 Å². The van der Waals surface area contributed by atoms with Crippen molar-refractivity contribution in [2.45, 2.75) is 32.7 Å². The summed E-state index contributed by atoms with van der Waals surface area (Å²) in [4.78, 5) is 22.4. The first-order valence-corrected chi connectivity index (χ1v) is 5.80. The van der Waals surface area contributed by atoms with Gasteiger partial charge in [0.25, 0.3) is 0 Å². The Kier molecular flexibility index (Phi) is 4.73. The fourth-order valence-corrected chi connectivity index (χ4v) is 1.57. The van der Waals surface area contributed by atoms with Crippen molar-refractivity contribution in [3.05, 3.63) is 0 Å². The van der Waals surface area contributed by atoms with Crippen LogP contribution in [0.2, 0.25) is 0 Å². The summed E-state index contributed by atoms with van der Waals surface area (Å²) >= 11 is 0. The van der Waals surface area contributed by atoms with Crippen LogP contribution in [-0.4, -0.2) is 31.6 Å². The Morgan fingerprint density at radius 2 is 1.94 bits per heavy atom. The standard InChI is InChI=1S/C11H21N3O2/c1-7(9-4-5-9)6-13-8(2)10(15)14-11(16)12-3/h7-9,13H,4-6H2,1-3H3,(H2,12,14,15,16). The number of carbonyl (C=O) groups is 2. The maximum atomic E-state index is 11.5. The summed E-state index contributed by atoms with van der Waals surface area (Å²) in [5.41, 5.74) is 0. The predicted molar refractivity (Wildman–Crippen MR) is 62.0 cm³/mol. The lowest BCUT2D eigenvalue weighted by atomic mass is 10.1. The number of hydrogen-bond acceptors (Lipinski definition) is 3. The molecular weight excluding hydrogens is 206 g/mol. The average molecular weight is 227 g/mol. The normalized spacial score (nSPS) is 18.7. The van der Waals surface area contributed by atoms with Crippen LogP contribution in [0.5, 0.6) is 0 Å². The van der Waals surface area contributed by atoms with Crippen LogP contribution in [0, 0.1) is 11.8 Å². The molecule has 2 unspecified atom stereocenters. The number of carbonyl (C=O) groups excluding carboxylic acids is 2. The van der Waals surface area contributed by atoms with Crippen molar-refractivity contribution in [3.63, 3.8) is 0 Å². The minimum atomic E-state index is -0.464. The van der Waals surface area contributed by atoms with Gasteiger partial charge in [-0.2, -0.15) is 0 Å². The SMILES string of the molecule is CNC(=O)NC(=O)C(C)NCC(C)C1CC1. The lowest BCUT2D eigenvalue weighted by Gasteiger charge is -2.16. The maximum absolute atomic E-state index is 11.5. The van der Waals surface area contributed by atoms with Crippen LogP contribution in [0.4, 0.5) is 4.79 Å². The van der Waals surface area contributed by atoms with Crippen molar-refractivity contribution in [3.8, 4) is 0 Å². The molecule has 1 fully saturated rings. The van der Waals surface area contributed by atoms with Crippen molar-refractivity contribution in [1.29, 1.82) is 0 Å². The summed E-state index contributed by atoms with van der Waals surface area (Å²) in [6.07, 6.45) is 2.61. The van der Waals surface area contributed by atoms with Gasteiger partial charge >= 0.3 is 6.03 Å². The molecule has 5 heteroatoms. The third kappa shape index (κ3) is 4.18. The topological polar surface area (TPSA) is 70.2 Å². The second kappa shape index (κ2) is 5.84. The van der Waals surface area contributed by atoms with Gasteiger partial charge in [0.15, 0.2) is 0 Å². The van der Waals surface area contributed by atoms with E-state index >= 15 is 0 Å². The van der Waals surface area contributed by atoms with Gasteiger partial charge in [-0.05, 0) is 38.1 Å². The molecule has 1 saturated carbocycles. The molecule has 5 nitrogen and oxygen atoms in total. The smallest absolute Gasteiger partial charge is 0.321 e. The van der Waals surface area contributed by atoms with E-state index in [1.807, 2.05) is 0 Å². The Bertz CT molecular complexity index is 264. The van der Waals surface area contributed by atoms with Crippen molar-refractivity contribution in [1.82, 2.24) is 16.0 Å². The monoisotopic (exact) mass is 227 g/mol. The van der Waals surface area contributed by atoms with Gasteiger partial charge in [0.2, 0.25) is 5.91 Å². The molecule has 1 rings (SSSR count). The van der Waals surface area contributed by atoms with Crippen LogP contribution >= 0.6 is 0 Å². The molecule has 92 valence electrons. The number of imide groups is 1. The molecule has 0 aromatic heterocycles. The zero-order valence-corrected chi connectivity index (χ0v) is 10.2. The lowest BCUT2D eigenvalue weighted by Crippen LogP contribution is -2.48. The minimum absolute atomic E-state index is 0.289. The van der Waals surface area contributed by atoms with Crippen LogP contribution < -0.4 is 16.0 Å². The average Bonchev–Trinajstić information content (AvgIpc) is 3.08. The van der Waals surface area contributed by atoms with Gasteiger partial charge in [0.1, 0.15) is 0 Å². The Labute approximate surface area is 96.4 Å². The molecule has 0 saturated heterocycles. The van der Waals surface area contributed by atoms with Gasteiger partial charge in [0, 0.05) is 7.05 Å². The maximum Gasteiger partial charge on any atom is 0.321 e. The number of urea groups is 1. The highest BCUT2D eigenvalue weighted by molar-refractivity contribution is 5.96. The Morgan fingerprint density at radius 1 is 1.31 bits per heavy atom. The third-order valence-electron chi connectivity index (χ3n) is 3.03. The van der Waals surface area contributed by atoms with Crippen LogP contribution in [0.1, 0.15) is 26.7 Å². The number of hydrogen-bond donors (Lipinski definition) is 3. The molecule has 0 bridgehead atoms. The fourth-order valence-electron chi connectivity index (χ4n) is 1.57. The summed E-state index contributed by atoms with van der Waals surface area (Å²) in [7, 11) is 1.48. The summed E-state index contributed by atoms with van der Waals surface area (Å²) in [6.45, 7) is 4.78.